The highest BCUT2D eigenvalue weighted by molar-refractivity contribution is 9.09. The summed E-state index contributed by atoms with van der Waals surface area (Å²) in [4.78, 5) is 0.196. The van der Waals surface area contributed by atoms with Crippen LogP contribution in [0.5, 0.6) is 5.75 Å². The fourth-order valence-electron chi connectivity index (χ4n) is 2.21. The molecule has 0 amide bonds. The number of hydrogen-bond donors (Lipinski definition) is 0. The lowest BCUT2D eigenvalue weighted by molar-refractivity contribution is 0.414. The normalized spacial score (nSPS) is 12.2. The van der Waals surface area contributed by atoms with Crippen LogP contribution in [0.25, 0.3) is 0 Å². The molecule has 0 aliphatic carbocycles. The number of hydrogen-bond acceptors (Lipinski definition) is 1. The van der Waals surface area contributed by atoms with E-state index in [1.54, 1.807) is 7.11 Å². The summed E-state index contributed by atoms with van der Waals surface area (Å²) in [6.07, 6.45) is 0.916. The molecule has 0 aliphatic heterocycles. The number of benzene rings is 2. The average Bonchev–Trinajstić information content (AvgIpc) is 2.42. The molecule has 2 aromatic rings. The van der Waals surface area contributed by atoms with E-state index in [2.05, 4.69) is 48.0 Å². The lowest BCUT2D eigenvalue weighted by Crippen LogP contribution is -1.99. The highest BCUT2D eigenvalue weighted by Crippen LogP contribution is 2.35. The van der Waals surface area contributed by atoms with Gasteiger partial charge in [-0.1, -0.05) is 57.4 Å². The number of halogens is 2. The van der Waals surface area contributed by atoms with Crippen molar-refractivity contribution in [2.24, 2.45) is 0 Å². The maximum Gasteiger partial charge on any atom is 0.120 e. The van der Waals surface area contributed by atoms with Crippen LogP contribution in [0.1, 0.15) is 27.1 Å². The first-order chi connectivity index (χ1) is 9.51. The van der Waals surface area contributed by atoms with Crippen molar-refractivity contribution >= 4 is 27.5 Å². The van der Waals surface area contributed by atoms with E-state index < -0.39 is 0 Å². The predicted molar refractivity (Wildman–Crippen MR) is 89.3 cm³/mol. The van der Waals surface area contributed by atoms with Gasteiger partial charge in [-0.15, -0.1) is 0 Å². The standard InChI is InChI=1S/C17H18BrClO/c1-11-4-5-12(2)13(8-11)9-16(18)15-7-6-14(20-3)10-17(15)19/h4-8,10,16H,9H2,1-3H3. The molecule has 0 radical (unpaired) electrons. The zero-order valence-electron chi connectivity index (χ0n) is 11.9. The second-order valence-electron chi connectivity index (χ2n) is 4.99. The molecule has 0 aliphatic rings. The van der Waals surface area contributed by atoms with Crippen LogP contribution in [-0.2, 0) is 6.42 Å². The summed E-state index contributed by atoms with van der Waals surface area (Å²) in [7, 11) is 1.65. The van der Waals surface area contributed by atoms with Gasteiger partial charge in [-0.3, -0.25) is 0 Å². The molecule has 2 rings (SSSR count). The fourth-order valence-corrected chi connectivity index (χ4v) is 3.39. The van der Waals surface area contributed by atoms with Gasteiger partial charge in [0.1, 0.15) is 5.75 Å². The van der Waals surface area contributed by atoms with E-state index in [1.807, 2.05) is 18.2 Å². The summed E-state index contributed by atoms with van der Waals surface area (Å²) < 4.78 is 5.18. The Labute approximate surface area is 134 Å². The molecule has 106 valence electrons. The molecule has 0 saturated carbocycles. The number of alkyl halides is 1. The maximum atomic E-state index is 6.33. The van der Waals surface area contributed by atoms with Gasteiger partial charge in [0.15, 0.2) is 0 Å². The highest BCUT2D eigenvalue weighted by Gasteiger charge is 2.14. The summed E-state index contributed by atoms with van der Waals surface area (Å²) in [5.74, 6) is 0.783. The summed E-state index contributed by atoms with van der Waals surface area (Å²) in [5, 5.41) is 0.733. The van der Waals surface area contributed by atoms with Crippen molar-refractivity contribution in [2.75, 3.05) is 7.11 Å². The first kappa shape index (κ1) is 15.4. The van der Waals surface area contributed by atoms with Gasteiger partial charge >= 0.3 is 0 Å². The minimum absolute atomic E-state index is 0.196. The van der Waals surface area contributed by atoms with Gasteiger partial charge in [0.2, 0.25) is 0 Å². The third kappa shape index (κ3) is 3.56. The Kier molecular flexibility index (Phi) is 5.11. The largest absolute Gasteiger partial charge is 0.497 e. The van der Waals surface area contributed by atoms with Gasteiger partial charge in [-0.25, -0.2) is 0 Å². The van der Waals surface area contributed by atoms with Crippen molar-refractivity contribution in [3.8, 4) is 5.75 Å². The van der Waals surface area contributed by atoms with Gasteiger partial charge < -0.3 is 4.74 Å². The minimum Gasteiger partial charge on any atom is -0.497 e. The van der Waals surface area contributed by atoms with Gasteiger partial charge in [0.05, 0.1) is 7.11 Å². The molecular weight excluding hydrogens is 336 g/mol. The van der Waals surface area contributed by atoms with E-state index in [0.29, 0.717) is 0 Å². The average molecular weight is 354 g/mol. The molecule has 0 saturated heterocycles. The molecular formula is C17H18BrClO. The van der Waals surface area contributed by atoms with E-state index in [4.69, 9.17) is 16.3 Å². The molecule has 0 spiro atoms. The summed E-state index contributed by atoms with van der Waals surface area (Å²) in [6.45, 7) is 4.26. The van der Waals surface area contributed by atoms with Crippen LogP contribution in [0, 0.1) is 13.8 Å². The third-order valence-electron chi connectivity index (χ3n) is 3.45. The molecule has 0 bridgehead atoms. The Morgan fingerprint density at radius 1 is 1.15 bits per heavy atom. The lowest BCUT2D eigenvalue weighted by atomic mass is 9.98. The molecule has 1 nitrogen and oxygen atoms in total. The van der Waals surface area contributed by atoms with Crippen LogP contribution in [0.3, 0.4) is 0 Å². The molecule has 20 heavy (non-hydrogen) atoms. The number of ether oxygens (including phenoxy) is 1. The van der Waals surface area contributed by atoms with E-state index in [0.717, 1.165) is 22.8 Å². The number of methoxy groups -OCH3 is 1. The Bertz CT molecular complexity index is 610. The van der Waals surface area contributed by atoms with E-state index in [9.17, 15) is 0 Å². The van der Waals surface area contributed by atoms with Crippen LogP contribution in [0.2, 0.25) is 5.02 Å². The van der Waals surface area contributed by atoms with Gasteiger partial charge in [0, 0.05) is 9.85 Å². The molecule has 3 heteroatoms. The van der Waals surface area contributed by atoms with Crippen LogP contribution in [-0.4, -0.2) is 7.11 Å². The summed E-state index contributed by atoms with van der Waals surface area (Å²) >= 11 is 10.1. The lowest BCUT2D eigenvalue weighted by Gasteiger charge is -2.15. The van der Waals surface area contributed by atoms with Crippen molar-refractivity contribution in [1.82, 2.24) is 0 Å². The highest BCUT2D eigenvalue weighted by atomic mass is 79.9. The molecule has 0 heterocycles. The predicted octanol–water partition coefficient (Wildman–Crippen LogP) is 5.64. The molecule has 0 aromatic heterocycles. The Balaban J connectivity index is 2.23. The fraction of sp³-hybridized carbons (Fsp3) is 0.294. The van der Waals surface area contributed by atoms with E-state index in [-0.39, 0.29) is 4.83 Å². The Hall–Kier alpha value is -0.990. The molecule has 2 aromatic carbocycles. The smallest absolute Gasteiger partial charge is 0.120 e. The van der Waals surface area contributed by atoms with E-state index >= 15 is 0 Å². The monoisotopic (exact) mass is 352 g/mol. The summed E-state index contributed by atoms with van der Waals surface area (Å²) in [6, 6.07) is 12.4. The van der Waals surface area contributed by atoms with Gasteiger partial charge in [-0.2, -0.15) is 0 Å². The molecule has 0 fully saturated rings. The van der Waals surface area contributed by atoms with Crippen molar-refractivity contribution in [2.45, 2.75) is 25.1 Å². The van der Waals surface area contributed by atoms with Crippen molar-refractivity contribution in [3.63, 3.8) is 0 Å². The second-order valence-corrected chi connectivity index (χ2v) is 6.50. The van der Waals surface area contributed by atoms with Crippen LogP contribution in [0.4, 0.5) is 0 Å². The first-order valence-corrected chi connectivity index (χ1v) is 7.84. The Morgan fingerprint density at radius 3 is 2.55 bits per heavy atom. The quantitative estimate of drug-likeness (QED) is 0.646. The topological polar surface area (TPSA) is 9.23 Å². The first-order valence-electron chi connectivity index (χ1n) is 6.55. The third-order valence-corrected chi connectivity index (χ3v) is 4.59. The second kappa shape index (κ2) is 6.64. The molecule has 1 atom stereocenters. The van der Waals surface area contributed by atoms with Crippen LogP contribution >= 0.6 is 27.5 Å². The minimum atomic E-state index is 0.196. The SMILES string of the molecule is COc1ccc(C(Br)Cc2cc(C)ccc2C)c(Cl)c1. The van der Waals surface area contributed by atoms with Crippen molar-refractivity contribution in [1.29, 1.82) is 0 Å². The van der Waals surface area contributed by atoms with Gasteiger partial charge in [0.25, 0.3) is 0 Å². The van der Waals surface area contributed by atoms with Crippen LogP contribution < -0.4 is 4.74 Å². The maximum absolute atomic E-state index is 6.33. The van der Waals surface area contributed by atoms with Crippen molar-refractivity contribution in [3.05, 3.63) is 63.7 Å². The molecule has 0 N–H and O–H groups in total. The Morgan fingerprint density at radius 2 is 1.90 bits per heavy atom. The van der Waals surface area contributed by atoms with Gasteiger partial charge in [-0.05, 0) is 49.1 Å². The molecule has 1 unspecified atom stereocenters. The number of aryl methyl sites for hydroxylation is 2. The van der Waals surface area contributed by atoms with Crippen LogP contribution in [0.15, 0.2) is 36.4 Å². The van der Waals surface area contributed by atoms with E-state index in [1.165, 1.54) is 16.7 Å². The zero-order valence-corrected chi connectivity index (χ0v) is 14.3. The van der Waals surface area contributed by atoms with Crippen molar-refractivity contribution < 1.29 is 4.74 Å². The summed E-state index contributed by atoms with van der Waals surface area (Å²) in [5.41, 5.74) is 5.03. The zero-order chi connectivity index (χ0) is 14.7. The number of rotatable bonds is 4.